The molecule has 1 heteroatoms. The lowest BCUT2D eigenvalue weighted by Gasteiger charge is -2.44. The van der Waals surface area contributed by atoms with E-state index in [1.165, 1.54) is 32.2 Å². The molecule has 2 atom stereocenters. The third-order valence-electron chi connectivity index (χ3n) is 3.18. The molecular formula is C9H16N. The highest BCUT2D eigenvalue weighted by molar-refractivity contribution is 5.11. The fraction of sp³-hybridized carbons (Fsp3) is 0.889. The molecule has 2 fully saturated rings. The van der Waals surface area contributed by atoms with Crippen LogP contribution < -0.4 is 5.32 Å². The van der Waals surface area contributed by atoms with Crippen LogP contribution in [0.25, 0.3) is 0 Å². The van der Waals surface area contributed by atoms with Crippen LogP contribution in [-0.4, -0.2) is 12.6 Å². The Hall–Kier alpha value is -0.0400. The van der Waals surface area contributed by atoms with E-state index in [0.717, 1.165) is 6.04 Å². The Morgan fingerprint density at radius 1 is 1.60 bits per heavy atom. The topological polar surface area (TPSA) is 12.0 Å². The van der Waals surface area contributed by atoms with Crippen LogP contribution in [0.15, 0.2) is 0 Å². The van der Waals surface area contributed by atoms with Gasteiger partial charge >= 0.3 is 0 Å². The van der Waals surface area contributed by atoms with Gasteiger partial charge in [-0.3, -0.25) is 0 Å². The molecule has 2 aliphatic rings. The van der Waals surface area contributed by atoms with E-state index in [2.05, 4.69) is 18.7 Å². The number of hydrogen-bond acceptors (Lipinski definition) is 1. The van der Waals surface area contributed by atoms with Crippen LogP contribution in [-0.2, 0) is 0 Å². The number of fused-ring (bicyclic) bond motifs is 1. The summed E-state index contributed by atoms with van der Waals surface area (Å²) in [4.78, 5) is 0. The molecule has 0 aromatic carbocycles. The first-order valence-electron chi connectivity index (χ1n) is 4.45. The molecule has 1 aliphatic carbocycles. The van der Waals surface area contributed by atoms with Crippen molar-refractivity contribution in [1.82, 2.24) is 5.32 Å². The van der Waals surface area contributed by atoms with Gasteiger partial charge in [-0.15, -0.1) is 0 Å². The third-order valence-corrected chi connectivity index (χ3v) is 3.18. The van der Waals surface area contributed by atoms with E-state index >= 15 is 0 Å². The maximum Gasteiger partial charge on any atom is 0.0127 e. The minimum absolute atomic E-state index is 0.648. The van der Waals surface area contributed by atoms with Gasteiger partial charge < -0.3 is 5.32 Å². The summed E-state index contributed by atoms with van der Waals surface area (Å²) in [6, 6.07) is 0.854. The summed E-state index contributed by atoms with van der Waals surface area (Å²) in [5.74, 6) is 0. The summed E-state index contributed by atoms with van der Waals surface area (Å²) in [6.45, 7) is 3.50. The standard InChI is InChI=1S/C9H16N/c1-2-4-9-5-3-8(9)10-7-6-9/h4,8,10H,2-3,5-7H2,1H3. The molecule has 10 heavy (non-hydrogen) atoms. The van der Waals surface area contributed by atoms with Gasteiger partial charge in [0.1, 0.15) is 0 Å². The van der Waals surface area contributed by atoms with Crippen LogP contribution >= 0.6 is 0 Å². The van der Waals surface area contributed by atoms with Crippen LogP contribution in [0.3, 0.4) is 0 Å². The van der Waals surface area contributed by atoms with Crippen molar-refractivity contribution in [2.75, 3.05) is 6.54 Å². The van der Waals surface area contributed by atoms with Gasteiger partial charge in [0.25, 0.3) is 0 Å². The van der Waals surface area contributed by atoms with Gasteiger partial charge in [-0.2, -0.15) is 0 Å². The lowest BCUT2D eigenvalue weighted by molar-refractivity contribution is 0.151. The lowest BCUT2D eigenvalue weighted by Crippen LogP contribution is -2.46. The molecule has 1 saturated heterocycles. The maximum absolute atomic E-state index is 3.55. The van der Waals surface area contributed by atoms with Gasteiger partial charge in [-0.1, -0.05) is 13.3 Å². The minimum atomic E-state index is 0.648. The molecule has 0 spiro atoms. The fourth-order valence-corrected chi connectivity index (χ4v) is 2.50. The van der Waals surface area contributed by atoms with Crippen molar-refractivity contribution in [3.63, 3.8) is 0 Å². The van der Waals surface area contributed by atoms with Crippen LogP contribution in [0.5, 0.6) is 0 Å². The van der Waals surface area contributed by atoms with Gasteiger partial charge in [-0.25, -0.2) is 0 Å². The smallest absolute Gasteiger partial charge is 0.0127 e. The van der Waals surface area contributed by atoms with Gasteiger partial charge in [0.2, 0.25) is 0 Å². The van der Waals surface area contributed by atoms with E-state index in [1.54, 1.807) is 0 Å². The zero-order valence-electron chi connectivity index (χ0n) is 6.69. The van der Waals surface area contributed by atoms with Gasteiger partial charge in [0.05, 0.1) is 0 Å². The first-order chi connectivity index (χ1) is 4.87. The molecule has 1 N–H and O–H groups in total. The summed E-state index contributed by atoms with van der Waals surface area (Å²) < 4.78 is 0. The van der Waals surface area contributed by atoms with Crippen LogP contribution in [0.1, 0.15) is 32.6 Å². The van der Waals surface area contributed by atoms with Crippen LogP contribution in [0, 0.1) is 11.8 Å². The molecule has 1 nitrogen and oxygen atoms in total. The van der Waals surface area contributed by atoms with Crippen LogP contribution in [0.2, 0.25) is 0 Å². The van der Waals surface area contributed by atoms with Crippen molar-refractivity contribution in [2.45, 2.75) is 38.6 Å². The van der Waals surface area contributed by atoms with E-state index in [-0.39, 0.29) is 0 Å². The summed E-state index contributed by atoms with van der Waals surface area (Å²) in [5.41, 5.74) is 0.648. The predicted molar refractivity (Wildman–Crippen MR) is 42.7 cm³/mol. The first kappa shape index (κ1) is 6.66. The molecule has 2 unspecified atom stereocenters. The second-order valence-electron chi connectivity index (χ2n) is 3.64. The van der Waals surface area contributed by atoms with Crippen molar-refractivity contribution >= 4 is 0 Å². The normalized spacial score (nSPS) is 44.7. The van der Waals surface area contributed by atoms with E-state index in [0.29, 0.717) is 5.41 Å². The number of rotatable bonds is 2. The predicted octanol–water partition coefficient (Wildman–Crippen LogP) is 1.74. The SMILES string of the molecule is CC[CH]C12CCNC1CC2. The number of nitrogens with one attached hydrogen (secondary N) is 1. The van der Waals surface area contributed by atoms with Gasteiger partial charge in [0.15, 0.2) is 0 Å². The Labute approximate surface area is 63.2 Å². The highest BCUT2D eigenvalue weighted by Crippen LogP contribution is 2.49. The molecule has 2 rings (SSSR count). The molecule has 1 aliphatic heterocycles. The molecule has 0 aromatic rings. The second kappa shape index (κ2) is 2.23. The monoisotopic (exact) mass is 138 g/mol. The molecule has 0 aromatic heterocycles. The summed E-state index contributed by atoms with van der Waals surface area (Å²) >= 11 is 0. The average Bonchev–Trinajstić information content (AvgIpc) is 2.15. The van der Waals surface area contributed by atoms with Crippen molar-refractivity contribution in [3.05, 3.63) is 6.42 Å². The summed E-state index contributed by atoms with van der Waals surface area (Å²) in [7, 11) is 0. The Balaban J connectivity index is 2.00. The Morgan fingerprint density at radius 2 is 2.50 bits per heavy atom. The van der Waals surface area contributed by atoms with Crippen molar-refractivity contribution in [1.29, 1.82) is 0 Å². The largest absolute Gasteiger partial charge is 0.313 e. The zero-order valence-corrected chi connectivity index (χ0v) is 6.69. The zero-order chi connectivity index (χ0) is 7.03. The minimum Gasteiger partial charge on any atom is -0.313 e. The number of hydrogen-bond donors (Lipinski definition) is 1. The van der Waals surface area contributed by atoms with E-state index < -0.39 is 0 Å². The summed E-state index contributed by atoms with van der Waals surface area (Å²) in [5, 5.41) is 3.55. The van der Waals surface area contributed by atoms with Crippen molar-refractivity contribution < 1.29 is 0 Å². The molecular weight excluding hydrogens is 122 g/mol. The highest BCUT2D eigenvalue weighted by Gasteiger charge is 2.48. The molecule has 0 bridgehead atoms. The van der Waals surface area contributed by atoms with Crippen molar-refractivity contribution in [3.8, 4) is 0 Å². The van der Waals surface area contributed by atoms with Gasteiger partial charge in [0, 0.05) is 6.04 Å². The average molecular weight is 138 g/mol. The lowest BCUT2D eigenvalue weighted by atomic mass is 9.63. The Morgan fingerprint density at radius 3 is 3.00 bits per heavy atom. The van der Waals surface area contributed by atoms with E-state index in [9.17, 15) is 0 Å². The molecule has 1 radical (unpaired) electrons. The van der Waals surface area contributed by atoms with E-state index in [1.807, 2.05) is 0 Å². The molecule has 1 heterocycles. The highest BCUT2D eigenvalue weighted by atomic mass is 15.0. The second-order valence-corrected chi connectivity index (χ2v) is 3.64. The maximum atomic E-state index is 3.55. The quantitative estimate of drug-likeness (QED) is 0.613. The first-order valence-corrected chi connectivity index (χ1v) is 4.45. The van der Waals surface area contributed by atoms with Gasteiger partial charge in [-0.05, 0) is 37.6 Å². The Bertz CT molecular complexity index is 133. The molecule has 1 saturated carbocycles. The van der Waals surface area contributed by atoms with E-state index in [4.69, 9.17) is 0 Å². The Kier molecular flexibility index (Phi) is 1.48. The fourth-order valence-electron chi connectivity index (χ4n) is 2.50. The van der Waals surface area contributed by atoms with Crippen molar-refractivity contribution in [2.24, 2.45) is 5.41 Å². The summed E-state index contributed by atoms with van der Waals surface area (Å²) in [6.07, 6.45) is 8.03. The van der Waals surface area contributed by atoms with Crippen LogP contribution in [0.4, 0.5) is 0 Å². The molecule has 0 amide bonds. The third kappa shape index (κ3) is 0.731. The molecule has 57 valence electrons.